The molecular formula is C26H39N5O. The van der Waals surface area contributed by atoms with E-state index in [2.05, 4.69) is 30.1 Å². The van der Waals surface area contributed by atoms with Crippen LogP contribution in [0.3, 0.4) is 0 Å². The van der Waals surface area contributed by atoms with Crippen LogP contribution < -0.4 is 5.32 Å². The number of likely N-dealkylation sites (tertiary alicyclic amines) is 1. The number of hydrogen-bond donors (Lipinski definition) is 1. The summed E-state index contributed by atoms with van der Waals surface area (Å²) in [6, 6.07) is 2.63. The smallest absolute Gasteiger partial charge is 0.220 e. The van der Waals surface area contributed by atoms with Gasteiger partial charge >= 0.3 is 0 Å². The van der Waals surface area contributed by atoms with Crippen LogP contribution in [0.2, 0.25) is 0 Å². The van der Waals surface area contributed by atoms with Crippen molar-refractivity contribution in [2.24, 2.45) is 11.8 Å². The standard InChI is InChI=1S/C26H39N5O/c1-18-22(12-13-26(32)27-16-20-10-11-20)19(2)31-25(28-18)15-23(29-31)24-9-6-14-30(24)17-21-7-4-3-5-8-21/h15,20-21,24H,3-14,16-17H2,1-2H3,(H,27,32). The fraction of sp³-hybridized carbons (Fsp3) is 0.731. The second-order valence-electron chi connectivity index (χ2n) is 10.5. The van der Waals surface area contributed by atoms with Gasteiger partial charge in [-0.1, -0.05) is 19.3 Å². The van der Waals surface area contributed by atoms with E-state index in [0.29, 0.717) is 12.5 Å². The zero-order chi connectivity index (χ0) is 22.1. The highest BCUT2D eigenvalue weighted by Gasteiger charge is 2.31. The Morgan fingerprint density at radius 1 is 1.06 bits per heavy atom. The van der Waals surface area contributed by atoms with Crippen LogP contribution in [0.25, 0.3) is 5.65 Å². The lowest BCUT2D eigenvalue weighted by Gasteiger charge is -2.30. The summed E-state index contributed by atoms with van der Waals surface area (Å²) >= 11 is 0. The monoisotopic (exact) mass is 437 g/mol. The van der Waals surface area contributed by atoms with E-state index in [1.807, 2.05) is 4.52 Å². The molecule has 1 amide bonds. The maximum Gasteiger partial charge on any atom is 0.220 e. The van der Waals surface area contributed by atoms with Gasteiger partial charge in [0.15, 0.2) is 5.65 Å². The second-order valence-corrected chi connectivity index (χ2v) is 10.5. The first-order chi connectivity index (χ1) is 15.6. The van der Waals surface area contributed by atoms with Gasteiger partial charge in [-0.15, -0.1) is 0 Å². The average Bonchev–Trinajstić information content (AvgIpc) is 3.35. The Kier molecular flexibility index (Phi) is 6.49. The third-order valence-electron chi connectivity index (χ3n) is 7.99. The van der Waals surface area contributed by atoms with Crippen LogP contribution in [0.15, 0.2) is 6.07 Å². The van der Waals surface area contributed by atoms with Crippen LogP contribution in [0, 0.1) is 25.7 Å². The van der Waals surface area contributed by atoms with Crippen LogP contribution >= 0.6 is 0 Å². The van der Waals surface area contributed by atoms with E-state index in [-0.39, 0.29) is 5.91 Å². The van der Waals surface area contributed by atoms with Crippen molar-refractivity contribution in [1.29, 1.82) is 0 Å². The molecule has 1 unspecified atom stereocenters. The number of carbonyl (C=O) groups is 1. The van der Waals surface area contributed by atoms with E-state index in [1.165, 1.54) is 82.1 Å². The Morgan fingerprint density at radius 3 is 2.66 bits per heavy atom. The largest absolute Gasteiger partial charge is 0.356 e. The van der Waals surface area contributed by atoms with Crippen molar-refractivity contribution in [1.82, 2.24) is 24.8 Å². The molecule has 1 aliphatic heterocycles. The average molecular weight is 438 g/mol. The summed E-state index contributed by atoms with van der Waals surface area (Å²) in [5, 5.41) is 8.13. The summed E-state index contributed by atoms with van der Waals surface area (Å²) in [6.07, 6.45) is 13.2. The van der Waals surface area contributed by atoms with Crippen LogP contribution in [-0.4, -0.2) is 45.0 Å². The molecule has 0 radical (unpaired) electrons. The number of carbonyl (C=O) groups excluding carboxylic acids is 1. The molecular weight excluding hydrogens is 398 g/mol. The number of hydrogen-bond acceptors (Lipinski definition) is 4. The van der Waals surface area contributed by atoms with E-state index in [9.17, 15) is 4.79 Å². The van der Waals surface area contributed by atoms with Gasteiger partial charge in [-0.05, 0) is 82.7 Å². The molecule has 0 aromatic carbocycles. The van der Waals surface area contributed by atoms with E-state index in [4.69, 9.17) is 10.1 Å². The summed E-state index contributed by atoms with van der Waals surface area (Å²) < 4.78 is 2.02. The topological polar surface area (TPSA) is 62.5 Å². The second kappa shape index (κ2) is 9.50. The highest BCUT2D eigenvalue weighted by Crippen LogP contribution is 2.35. The number of amides is 1. The molecule has 3 heterocycles. The Bertz CT molecular complexity index is 957. The molecule has 174 valence electrons. The lowest BCUT2D eigenvalue weighted by molar-refractivity contribution is -0.121. The maximum atomic E-state index is 12.3. The number of rotatable bonds is 8. The first-order valence-electron chi connectivity index (χ1n) is 12.9. The highest BCUT2D eigenvalue weighted by atomic mass is 16.1. The molecule has 1 N–H and O–H groups in total. The molecule has 5 rings (SSSR count). The van der Waals surface area contributed by atoms with E-state index >= 15 is 0 Å². The molecule has 2 aromatic heterocycles. The van der Waals surface area contributed by atoms with Crippen molar-refractivity contribution < 1.29 is 4.79 Å². The Hall–Kier alpha value is -1.95. The van der Waals surface area contributed by atoms with Crippen molar-refractivity contribution in [3.63, 3.8) is 0 Å². The van der Waals surface area contributed by atoms with Gasteiger partial charge in [0.1, 0.15) is 0 Å². The molecule has 6 heteroatoms. The van der Waals surface area contributed by atoms with Gasteiger partial charge in [0.05, 0.1) is 11.7 Å². The number of fused-ring (bicyclic) bond motifs is 1. The zero-order valence-corrected chi connectivity index (χ0v) is 19.9. The molecule has 2 aromatic rings. The van der Waals surface area contributed by atoms with Crippen LogP contribution in [0.4, 0.5) is 0 Å². The minimum atomic E-state index is 0.154. The number of aryl methyl sites for hydroxylation is 2. The summed E-state index contributed by atoms with van der Waals surface area (Å²) in [6.45, 7) is 7.47. The lowest BCUT2D eigenvalue weighted by atomic mass is 9.89. The van der Waals surface area contributed by atoms with Gasteiger partial charge in [-0.3, -0.25) is 9.69 Å². The Morgan fingerprint density at radius 2 is 1.88 bits per heavy atom. The predicted molar refractivity (Wildman–Crippen MR) is 127 cm³/mol. The van der Waals surface area contributed by atoms with Gasteiger partial charge in [0.25, 0.3) is 0 Å². The number of nitrogens with one attached hydrogen (secondary N) is 1. The molecule has 6 nitrogen and oxygen atoms in total. The summed E-state index contributed by atoms with van der Waals surface area (Å²) in [5.41, 5.74) is 5.45. The molecule has 0 spiro atoms. The molecule has 3 fully saturated rings. The van der Waals surface area contributed by atoms with Gasteiger partial charge in [0, 0.05) is 37.0 Å². The third kappa shape index (κ3) is 4.85. The normalized spacial score (nSPS) is 22.6. The van der Waals surface area contributed by atoms with Crippen LogP contribution in [-0.2, 0) is 11.2 Å². The fourth-order valence-electron chi connectivity index (χ4n) is 5.86. The minimum absolute atomic E-state index is 0.154. The van der Waals surface area contributed by atoms with E-state index in [0.717, 1.165) is 41.8 Å². The summed E-state index contributed by atoms with van der Waals surface area (Å²) in [7, 11) is 0. The van der Waals surface area contributed by atoms with Gasteiger partial charge in [0.2, 0.25) is 5.91 Å². The molecule has 0 bridgehead atoms. The maximum absolute atomic E-state index is 12.3. The minimum Gasteiger partial charge on any atom is -0.356 e. The highest BCUT2D eigenvalue weighted by molar-refractivity contribution is 5.76. The van der Waals surface area contributed by atoms with Crippen molar-refractivity contribution in [3.05, 3.63) is 28.7 Å². The van der Waals surface area contributed by atoms with Gasteiger partial charge < -0.3 is 5.32 Å². The lowest BCUT2D eigenvalue weighted by Crippen LogP contribution is -2.30. The van der Waals surface area contributed by atoms with Crippen molar-refractivity contribution in [2.75, 3.05) is 19.6 Å². The van der Waals surface area contributed by atoms with Crippen molar-refractivity contribution in [2.45, 2.75) is 90.5 Å². The Labute approximate surface area is 192 Å². The first-order valence-corrected chi connectivity index (χ1v) is 12.9. The van der Waals surface area contributed by atoms with Crippen molar-refractivity contribution >= 4 is 11.6 Å². The third-order valence-corrected chi connectivity index (χ3v) is 7.99. The molecule has 1 saturated heterocycles. The number of nitrogens with zero attached hydrogens (tertiary/aromatic N) is 4. The summed E-state index contributed by atoms with van der Waals surface area (Å²) in [4.78, 5) is 19.8. The first kappa shape index (κ1) is 21.9. The summed E-state index contributed by atoms with van der Waals surface area (Å²) in [5.74, 6) is 1.73. The fourth-order valence-corrected chi connectivity index (χ4v) is 5.86. The van der Waals surface area contributed by atoms with E-state index in [1.54, 1.807) is 0 Å². The van der Waals surface area contributed by atoms with Gasteiger partial charge in [-0.2, -0.15) is 5.10 Å². The molecule has 2 aliphatic carbocycles. The van der Waals surface area contributed by atoms with Crippen LogP contribution in [0.1, 0.15) is 92.9 Å². The number of aromatic nitrogens is 3. The SMILES string of the molecule is Cc1nc2cc(C3CCCN3CC3CCCCC3)nn2c(C)c1CCC(=O)NCC1CC1. The predicted octanol–water partition coefficient (Wildman–Crippen LogP) is 4.52. The molecule has 2 saturated carbocycles. The van der Waals surface area contributed by atoms with Crippen molar-refractivity contribution in [3.8, 4) is 0 Å². The zero-order valence-electron chi connectivity index (χ0n) is 19.9. The molecule has 1 atom stereocenters. The molecule has 3 aliphatic rings. The van der Waals surface area contributed by atoms with Crippen LogP contribution in [0.5, 0.6) is 0 Å². The van der Waals surface area contributed by atoms with Gasteiger partial charge in [-0.25, -0.2) is 9.50 Å². The quantitative estimate of drug-likeness (QED) is 0.659. The molecule has 32 heavy (non-hydrogen) atoms. The van der Waals surface area contributed by atoms with E-state index < -0.39 is 0 Å². The Balaban J connectivity index is 1.29.